The highest BCUT2D eigenvalue weighted by molar-refractivity contribution is 7.87. The van der Waals surface area contributed by atoms with E-state index >= 15 is 0 Å². The lowest BCUT2D eigenvalue weighted by Crippen LogP contribution is -2.39. The van der Waals surface area contributed by atoms with Gasteiger partial charge in [0.1, 0.15) is 9.79 Å². The number of allylic oxidation sites excluding steroid dienone is 3. The van der Waals surface area contributed by atoms with Crippen LogP contribution >= 0.6 is 0 Å². The number of ether oxygens (including phenoxy) is 2. The molecule has 0 aromatic heterocycles. The number of anilines is 2. The Morgan fingerprint density at radius 2 is 1.26 bits per heavy atom. The summed E-state index contributed by atoms with van der Waals surface area (Å²) in [5.41, 5.74) is 0.922. The molecule has 0 aliphatic carbocycles. The molecule has 0 saturated heterocycles. The normalized spacial score (nSPS) is 19.5. The second-order valence-corrected chi connectivity index (χ2v) is 22.4. The van der Waals surface area contributed by atoms with Crippen molar-refractivity contribution < 1.29 is 71.3 Å². The van der Waals surface area contributed by atoms with Gasteiger partial charge < -0.3 is 24.4 Å². The zero-order valence-electron chi connectivity index (χ0n) is 36.3. The first kappa shape index (κ1) is 49.9. The van der Waals surface area contributed by atoms with Gasteiger partial charge in [0, 0.05) is 71.9 Å². The summed E-state index contributed by atoms with van der Waals surface area (Å²) in [6.45, 7) is 8.98. The number of aliphatic carboxylic acids is 1. The average Bonchev–Trinajstić information content (AvgIpc) is 3.57. The van der Waals surface area contributed by atoms with Crippen molar-refractivity contribution in [3.8, 4) is 0 Å². The molecule has 2 heterocycles. The summed E-state index contributed by atoms with van der Waals surface area (Å²) in [6, 6.07) is 9.52. The number of hydrogen-bond donors (Lipinski definition) is 5. The Kier molecular flexibility index (Phi) is 14.1. The van der Waals surface area contributed by atoms with E-state index in [1.54, 1.807) is 12.1 Å². The standard InChI is InChI=1S/C43H52N2O16S4/c1-6-44-33-16-14-29-31(23-27(62(48,49)50)25-35(29)64(54,55)56)40(33)42(2,3)37(44)11-10-12-38-43(4,18-20-61-22-21-60-5)41-32-24-28(63(51,52)53)26-36(65(57,58)59)30(32)15-17-34(41)45(38)19-9-7-8-13-39(46)47/h10-12,14-17,23-26,37H,6-9,13,18-22H2,1-5H3,(H,46,47)(H,48,49,50)(H,51,52,53)(H,54,55,56)(H,57,58,59). The molecule has 0 radical (unpaired) electrons. The summed E-state index contributed by atoms with van der Waals surface area (Å²) >= 11 is 0. The number of benzene rings is 4. The quantitative estimate of drug-likeness (QED) is 0.0503. The van der Waals surface area contributed by atoms with E-state index < -0.39 is 82.9 Å². The van der Waals surface area contributed by atoms with Crippen LogP contribution in [0.5, 0.6) is 0 Å². The van der Waals surface area contributed by atoms with Crippen molar-refractivity contribution in [1.82, 2.24) is 0 Å². The number of nitrogens with zero attached hydrogens (tertiary/aromatic N) is 2. The van der Waals surface area contributed by atoms with E-state index in [0.717, 1.165) is 6.07 Å². The Morgan fingerprint density at radius 1 is 0.708 bits per heavy atom. The first-order valence-corrected chi connectivity index (χ1v) is 26.3. The van der Waals surface area contributed by atoms with E-state index in [1.165, 1.54) is 25.3 Å². The molecule has 0 saturated carbocycles. The van der Waals surface area contributed by atoms with Crippen LogP contribution in [0.1, 0.15) is 70.9 Å². The number of fused-ring (bicyclic) bond motifs is 6. The molecule has 4 aromatic rings. The molecule has 65 heavy (non-hydrogen) atoms. The van der Waals surface area contributed by atoms with Gasteiger partial charge in [0.15, 0.2) is 0 Å². The second kappa shape index (κ2) is 18.3. The van der Waals surface area contributed by atoms with Gasteiger partial charge in [0.2, 0.25) is 0 Å². The van der Waals surface area contributed by atoms with E-state index in [-0.39, 0.29) is 54.2 Å². The first-order chi connectivity index (χ1) is 30.2. The van der Waals surface area contributed by atoms with Gasteiger partial charge in [-0.1, -0.05) is 44.6 Å². The Balaban J connectivity index is 1.57. The Labute approximate surface area is 378 Å². The number of likely N-dealkylation sites (N-methyl/N-ethyl adjacent to an activating group) is 1. The number of methoxy groups -OCH3 is 1. The number of carboxylic acids is 1. The molecule has 6 rings (SSSR count). The van der Waals surface area contributed by atoms with Crippen molar-refractivity contribution in [2.45, 2.75) is 96.3 Å². The third-order valence-corrected chi connectivity index (χ3v) is 15.8. The molecule has 0 bridgehead atoms. The van der Waals surface area contributed by atoms with Crippen LogP contribution in [0.2, 0.25) is 0 Å². The van der Waals surface area contributed by atoms with Gasteiger partial charge in [-0.3, -0.25) is 23.0 Å². The monoisotopic (exact) mass is 980 g/mol. The number of rotatable bonds is 19. The fourth-order valence-corrected chi connectivity index (χ4v) is 12.1. The molecule has 2 unspecified atom stereocenters. The molecule has 0 amide bonds. The Hall–Kier alpha value is -4.49. The van der Waals surface area contributed by atoms with Crippen LogP contribution < -0.4 is 9.80 Å². The summed E-state index contributed by atoms with van der Waals surface area (Å²) in [5.74, 6) is -0.942. The summed E-state index contributed by atoms with van der Waals surface area (Å²) in [5, 5.41) is 9.63. The number of carbonyl (C=O) groups is 1. The number of carboxylic acid groups (broad SMARTS) is 1. The van der Waals surface area contributed by atoms with Gasteiger partial charge in [0.05, 0.1) is 29.0 Å². The highest BCUT2D eigenvalue weighted by Gasteiger charge is 2.46. The van der Waals surface area contributed by atoms with Gasteiger partial charge in [0.25, 0.3) is 40.5 Å². The lowest BCUT2D eigenvalue weighted by Gasteiger charge is -2.32. The minimum Gasteiger partial charge on any atom is -0.481 e. The average molecular weight is 981 g/mol. The fraction of sp³-hybridized carbons (Fsp3) is 0.419. The van der Waals surface area contributed by atoms with Crippen LogP contribution in [-0.2, 0) is 65.6 Å². The van der Waals surface area contributed by atoms with Crippen molar-refractivity contribution in [2.75, 3.05) is 49.8 Å². The van der Waals surface area contributed by atoms with Crippen molar-refractivity contribution in [3.05, 3.63) is 83.6 Å². The molecule has 2 aliphatic heterocycles. The van der Waals surface area contributed by atoms with Crippen molar-refractivity contribution in [2.24, 2.45) is 0 Å². The summed E-state index contributed by atoms with van der Waals surface area (Å²) in [6.07, 6.45) is 7.20. The molecular formula is C43H52N2O16S4. The Morgan fingerprint density at radius 3 is 1.77 bits per heavy atom. The number of hydrogen-bond acceptors (Lipinski definition) is 13. The van der Waals surface area contributed by atoms with Gasteiger partial charge in [-0.05, 0) is 97.5 Å². The van der Waals surface area contributed by atoms with Crippen LogP contribution in [0.25, 0.3) is 21.5 Å². The fourth-order valence-electron chi connectivity index (χ4n) is 9.39. The predicted molar refractivity (Wildman–Crippen MR) is 242 cm³/mol. The highest BCUT2D eigenvalue weighted by atomic mass is 32.2. The SMILES string of the molecule is CCN1c2ccc3c(S(=O)(=O)O)cc(S(=O)(=O)O)cc3c2C(C)(C)C1C=CC=C1N(CCCCCC(=O)O)c2ccc3c(S(=O)(=O)O)cc(S(=O)(=O)O)cc3c2C1(C)CCOCCOC. The maximum atomic E-state index is 12.8. The molecular weight excluding hydrogens is 929 g/mol. The lowest BCUT2D eigenvalue weighted by molar-refractivity contribution is -0.137. The molecule has 4 aromatic carbocycles. The predicted octanol–water partition coefficient (Wildman–Crippen LogP) is 6.38. The topological polar surface area (TPSA) is 280 Å². The van der Waals surface area contributed by atoms with Gasteiger partial charge in [-0.25, -0.2) is 0 Å². The van der Waals surface area contributed by atoms with Gasteiger partial charge in [-0.15, -0.1) is 0 Å². The molecule has 5 N–H and O–H groups in total. The minimum atomic E-state index is -5.04. The maximum Gasteiger partial charge on any atom is 0.303 e. The van der Waals surface area contributed by atoms with E-state index in [4.69, 9.17) is 9.47 Å². The van der Waals surface area contributed by atoms with Crippen molar-refractivity contribution in [3.63, 3.8) is 0 Å². The molecule has 22 heteroatoms. The van der Waals surface area contributed by atoms with Gasteiger partial charge in [-0.2, -0.15) is 33.7 Å². The zero-order valence-corrected chi connectivity index (χ0v) is 39.5. The summed E-state index contributed by atoms with van der Waals surface area (Å²) < 4.78 is 152. The zero-order chi connectivity index (χ0) is 48.1. The van der Waals surface area contributed by atoms with Crippen LogP contribution in [0.3, 0.4) is 0 Å². The second-order valence-electron chi connectivity index (χ2n) is 16.8. The molecule has 0 spiro atoms. The first-order valence-electron chi connectivity index (χ1n) is 20.5. The summed E-state index contributed by atoms with van der Waals surface area (Å²) in [7, 11) is -18.4. The molecule has 2 atom stereocenters. The van der Waals surface area contributed by atoms with Gasteiger partial charge >= 0.3 is 5.97 Å². The molecule has 2 aliphatic rings. The van der Waals surface area contributed by atoms with Crippen LogP contribution in [0, 0.1) is 0 Å². The third kappa shape index (κ3) is 9.83. The van der Waals surface area contributed by atoms with Crippen LogP contribution in [0.15, 0.2) is 92.0 Å². The van der Waals surface area contributed by atoms with Crippen molar-refractivity contribution in [1.29, 1.82) is 0 Å². The van der Waals surface area contributed by atoms with E-state index in [9.17, 15) is 61.8 Å². The van der Waals surface area contributed by atoms with E-state index in [1.807, 2.05) is 55.7 Å². The van der Waals surface area contributed by atoms with Crippen molar-refractivity contribution >= 4 is 79.4 Å². The largest absolute Gasteiger partial charge is 0.481 e. The van der Waals surface area contributed by atoms with Crippen LogP contribution in [-0.4, -0.2) is 109 Å². The lowest BCUT2D eigenvalue weighted by atomic mass is 9.76. The molecule has 0 fully saturated rings. The van der Waals surface area contributed by atoms with Crippen LogP contribution in [0.4, 0.5) is 11.4 Å². The highest BCUT2D eigenvalue weighted by Crippen LogP contribution is 2.54. The minimum absolute atomic E-state index is 0.00558. The molecule has 354 valence electrons. The summed E-state index contributed by atoms with van der Waals surface area (Å²) in [4.78, 5) is 12.4. The smallest absolute Gasteiger partial charge is 0.303 e. The Bertz CT molecular complexity index is 3080. The van der Waals surface area contributed by atoms with E-state index in [2.05, 4.69) is 0 Å². The van der Waals surface area contributed by atoms with E-state index in [0.29, 0.717) is 72.7 Å². The maximum absolute atomic E-state index is 12.8. The molecule has 18 nitrogen and oxygen atoms in total. The number of unbranched alkanes of at least 4 members (excludes halogenated alkanes) is 2. The third-order valence-electron chi connectivity index (χ3n) is 12.3.